The van der Waals surface area contributed by atoms with Gasteiger partial charge in [0, 0.05) is 24.7 Å². The number of hydrogen-bond donors (Lipinski definition) is 0. The zero-order valence-electron chi connectivity index (χ0n) is 24.2. The molecule has 0 radical (unpaired) electrons. The lowest BCUT2D eigenvalue weighted by molar-refractivity contribution is 0.0415. The van der Waals surface area contributed by atoms with Crippen LogP contribution in [-0.2, 0) is 14.2 Å². The largest absolute Gasteiger partial charge is 0.443 e. The number of halogens is 1. The average Bonchev–Trinajstić information content (AvgIpc) is 3.39. The second-order valence-electron chi connectivity index (χ2n) is 11.2. The molecule has 0 atom stereocenters. The van der Waals surface area contributed by atoms with E-state index >= 15 is 0 Å². The third-order valence-corrected chi connectivity index (χ3v) is 5.84. The van der Waals surface area contributed by atoms with Gasteiger partial charge in [-0.2, -0.15) is 4.90 Å². The predicted octanol–water partition coefficient (Wildman–Crippen LogP) is 6.07. The van der Waals surface area contributed by atoms with E-state index in [4.69, 9.17) is 23.5 Å². The summed E-state index contributed by atoms with van der Waals surface area (Å²) in [5.74, 6) is 0.313. The number of aromatic nitrogens is 3. The van der Waals surface area contributed by atoms with Crippen LogP contribution >= 0.6 is 15.9 Å². The number of anilines is 1. The van der Waals surface area contributed by atoms with Crippen molar-refractivity contribution >= 4 is 40.0 Å². The molecule has 3 amide bonds. The molecule has 0 bridgehead atoms. The molecule has 1 fully saturated rings. The predicted molar refractivity (Wildman–Crippen MR) is 154 cm³/mol. The lowest BCUT2D eigenvalue weighted by Gasteiger charge is -2.28. The van der Waals surface area contributed by atoms with Gasteiger partial charge in [-0.1, -0.05) is 5.16 Å². The molecule has 1 aromatic carbocycles. The quantitative estimate of drug-likeness (QED) is 0.326. The van der Waals surface area contributed by atoms with Crippen molar-refractivity contribution in [2.75, 3.05) is 31.2 Å². The Kier molecular flexibility index (Phi) is 9.16. The van der Waals surface area contributed by atoms with Crippen LogP contribution in [0, 0.1) is 0 Å². The molecule has 2 aromatic heterocycles. The number of morpholine rings is 1. The van der Waals surface area contributed by atoms with Crippen molar-refractivity contribution in [3.63, 3.8) is 0 Å². The van der Waals surface area contributed by atoms with Gasteiger partial charge < -0.3 is 28.4 Å². The fourth-order valence-corrected chi connectivity index (χ4v) is 3.96. The molecule has 224 valence electrons. The molecular formula is C28H32BrN5O8. The highest BCUT2D eigenvalue weighted by atomic mass is 79.9. The Labute approximate surface area is 251 Å². The van der Waals surface area contributed by atoms with Crippen LogP contribution in [0.5, 0.6) is 5.75 Å². The van der Waals surface area contributed by atoms with E-state index in [1.807, 2.05) is 0 Å². The van der Waals surface area contributed by atoms with E-state index in [2.05, 4.69) is 31.1 Å². The van der Waals surface area contributed by atoms with E-state index in [1.165, 1.54) is 6.20 Å². The van der Waals surface area contributed by atoms with Crippen molar-refractivity contribution in [1.29, 1.82) is 0 Å². The van der Waals surface area contributed by atoms with Crippen molar-refractivity contribution in [2.45, 2.75) is 52.7 Å². The van der Waals surface area contributed by atoms with Crippen LogP contribution in [0.25, 0.3) is 22.7 Å². The van der Waals surface area contributed by atoms with Gasteiger partial charge in [0.05, 0.1) is 19.4 Å². The first-order valence-corrected chi connectivity index (χ1v) is 13.9. The second kappa shape index (κ2) is 12.4. The minimum absolute atomic E-state index is 0.0379. The van der Waals surface area contributed by atoms with Crippen LogP contribution in [-0.4, -0.2) is 75.8 Å². The van der Waals surface area contributed by atoms with Gasteiger partial charge in [0.25, 0.3) is 0 Å². The van der Waals surface area contributed by atoms with E-state index in [0.717, 1.165) is 0 Å². The highest BCUT2D eigenvalue weighted by molar-refractivity contribution is 9.10. The summed E-state index contributed by atoms with van der Waals surface area (Å²) in [6.07, 6.45) is -1.13. The number of benzene rings is 1. The van der Waals surface area contributed by atoms with Crippen LogP contribution in [0.3, 0.4) is 0 Å². The first kappa shape index (κ1) is 30.9. The van der Waals surface area contributed by atoms with E-state index < -0.39 is 29.5 Å². The maximum Gasteiger partial charge on any atom is 0.425 e. The molecule has 0 N–H and O–H groups in total. The Hall–Kier alpha value is -4.04. The summed E-state index contributed by atoms with van der Waals surface area (Å²) in [6, 6.07) is 8.28. The molecule has 1 aliphatic rings. The summed E-state index contributed by atoms with van der Waals surface area (Å²) in [4.78, 5) is 49.8. The standard InChI is InChI=1S/C28H32BrN5O8/c1-27(2,3)40-25(36)34(26(37)41-28(4,5)6)23-22(31-21(29)16-30-23)20-15-19(32-42-20)17-7-9-18(10-8-17)39-24(35)33-11-13-38-14-12-33/h7-10,15-16H,11-14H2,1-6H3. The van der Waals surface area contributed by atoms with Crippen molar-refractivity contribution in [3.05, 3.63) is 41.1 Å². The van der Waals surface area contributed by atoms with Crippen molar-refractivity contribution < 1.29 is 37.9 Å². The smallest absolute Gasteiger partial charge is 0.425 e. The van der Waals surface area contributed by atoms with E-state index in [0.29, 0.717) is 52.8 Å². The topological polar surface area (TPSA) is 146 Å². The fraction of sp³-hybridized carbons (Fsp3) is 0.429. The molecule has 3 heterocycles. The van der Waals surface area contributed by atoms with Gasteiger partial charge in [0.2, 0.25) is 0 Å². The average molecular weight is 646 g/mol. The molecule has 4 rings (SSSR count). The maximum atomic E-state index is 13.2. The number of carbonyl (C=O) groups is 3. The fourth-order valence-electron chi connectivity index (χ4n) is 3.68. The highest BCUT2D eigenvalue weighted by Gasteiger charge is 2.36. The summed E-state index contributed by atoms with van der Waals surface area (Å²) in [5.41, 5.74) is -0.720. The van der Waals surface area contributed by atoms with Crippen molar-refractivity contribution in [2.24, 2.45) is 0 Å². The van der Waals surface area contributed by atoms with Crippen molar-refractivity contribution in [3.8, 4) is 28.5 Å². The number of imide groups is 1. The zero-order valence-corrected chi connectivity index (χ0v) is 25.8. The molecule has 0 spiro atoms. The van der Waals surface area contributed by atoms with E-state index in [1.54, 1.807) is 76.8 Å². The maximum absolute atomic E-state index is 13.2. The first-order valence-electron chi connectivity index (χ1n) is 13.1. The first-order chi connectivity index (χ1) is 19.7. The molecule has 0 aliphatic carbocycles. The lowest BCUT2D eigenvalue weighted by Crippen LogP contribution is -2.44. The van der Waals surface area contributed by atoms with Gasteiger partial charge >= 0.3 is 18.3 Å². The third kappa shape index (κ3) is 8.03. The molecule has 1 aliphatic heterocycles. The Morgan fingerprint density at radius 3 is 2.12 bits per heavy atom. The van der Waals surface area contributed by atoms with E-state index in [-0.39, 0.29) is 17.3 Å². The van der Waals surface area contributed by atoms with Crippen molar-refractivity contribution in [1.82, 2.24) is 20.0 Å². The zero-order chi connectivity index (χ0) is 30.7. The number of amides is 3. The molecular weight excluding hydrogens is 614 g/mol. The summed E-state index contributed by atoms with van der Waals surface area (Å²) in [6.45, 7) is 11.9. The molecule has 3 aromatic rings. The van der Waals surface area contributed by atoms with Gasteiger partial charge in [-0.05, 0) is 81.7 Å². The van der Waals surface area contributed by atoms with Crippen LogP contribution in [0.1, 0.15) is 41.5 Å². The van der Waals surface area contributed by atoms with Gasteiger partial charge in [-0.3, -0.25) is 0 Å². The summed E-state index contributed by atoms with van der Waals surface area (Å²) in [5, 5.41) is 4.13. The van der Waals surface area contributed by atoms with Gasteiger partial charge in [0.15, 0.2) is 17.3 Å². The number of rotatable bonds is 4. The Morgan fingerprint density at radius 1 is 0.952 bits per heavy atom. The Bertz CT molecular complexity index is 1410. The van der Waals surface area contributed by atoms with Crippen LogP contribution in [0.2, 0.25) is 0 Å². The summed E-state index contributed by atoms with van der Waals surface area (Å²) in [7, 11) is 0. The van der Waals surface area contributed by atoms with Gasteiger partial charge in [-0.15, -0.1) is 0 Å². The molecule has 1 saturated heterocycles. The molecule has 14 heteroatoms. The monoisotopic (exact) mass is 645 g/mol. The lowest BCUT2D eigenvalue weighted by atomic mass is 10.1. The number of ether oxygens (including phenoxy) is 4. The summed E-state index contributed by atoms with van der Waals surface area (Å²) < 4.78 is 27.6. The SMILES string of the molecule is CC(C)(C)OC(=O)N(C(=O)OC(C)(C)C)c1ncc(Br)nc1-c1cc(-c2ccc(OC(=O)N3CCOCC3)cc2)no1. The minimum atomic E-state index is -1.00. The van der Waals surface area contributed by atoms with E-state index in [9.17, 15) is 14.4 Å². The second-order valence-corrected chi connectivity index (χ2v) is 12.0. The molecule has 13 nitrogen and oxygen atoms in total. The highest BCUT2D eigenvalue weighted by Crippen LogP contribution is 2.33. The number of nitrogens with zero attached hydrogens (tertiary/aromatic N) is 5. The third-order valence-electron chi connectivity index (χ3n) is 5.46. The van der Waals surface area contributed by atoms with Crippen LogP contribution in [0.4, 0.5) is 20.2 Å². The Morgan fingerprint density at radius 2 is 1.55 bits per heavy atom. The molecule has 0 unspecified atom stereocenters. The van der Waals surface area contributed by atoms with Gasteiger partial charge in [-0.25, -0.2) is 24.4 Å². The van der Waals surface area contributed by atoms with Crippen LogP contribution in [0.15, 0.2) is 45.7 Å². The minimum Gasteiger partial charge on any atom is -0.443 e. The number of carbonyl (C=O) groups excluding carboxylic acids is 3. The number of hydrogen-bond acceptors (Lipinski definition) is 11. The normalized spacial score (nSPS) is 13.8. The Balaban J connectivity index is 1.62. The van der Waals surface area contributed by atoms with Crippen LogP contribution < -0.4 is 9.64 Å². The van der Waals surface area contributed by atoms with Gasteiger partial charge in [0.1, 0.15) is 27.2 Å². The molecule has 0 saturated carbocycles. The molecule has 42 heavy (non-hydrogen) atoms. The summed E-state index contributed by atoms with van der Waals surface area (Å²) >= 11 is 3.28.